The van der Waals surface area contributed by atoms with E-state index >= 15 is 4.39 Å². The van der Waals surface area contributed by atoms with E-state index in [0.29, 0.717) is 64.5 Å². The predicted octanol–water partition coefficient (Wildman–Crippen LogP) is 5.78. The van der Waals surface area contributed by atoms with Crippen LogP contribution in [-0.2, 0) is 11.4 Å². The summed E-state index contributed by atoms with van der Waals surface area (Å²) in [7, 11) is 0. The van der Waals surface area contributed by atoms with Crippen LogP contribution in [-0.4, -0.2) is 51.0 Å². The number of carbonyl (C=O) groups excluding carboxylic acids is 1. The molecule has 0 unspecified atom stereocenters. The summed E-state index contributed by atoms with van der Waals surface area (Å²) in [5.41, 5.74) is 4.61. The lowest BCUT2D eigenvalue weighted by Crippen LogP contribution is -2.54. The van der Waals surface area contributed by atoms with Gasteiger partial charge in [-0.25, -0.2) is 9.18 Å². The molecule has 43 heavy (non-hydrogen) atoms. The molecule has 0 spiro atoms. The topological polar surface area (TPSA) is 80.6 Å². The number of anilines is 1. The summed E-state index contributed by atoms with van der Waals surface area (Å²) in [6, 6.07) is 8.59. The molecule has 2 aliphatic rings. The Morgan fingerprint density at radius 3 is 2.67 bits per heavy atom. The fourth-order valence-corrected chi connectivity index (χ4v) is 6.35. The van der Waals surface area contributed by atoms with Crippen molar-refractivity contribution in [1.29, 1.82) is 0 Å². The van der Waals surface area contributed by atoms with Crippen molar-refractivity contribution in [3.05, 3.63) is 94.4 Å². The monoisotopic (exact) mass is 579 g/mol. The molecule has 2 aromatic heterocycles. The van der Waals surface area contributed by atoms with E-state index in [0.717, 1.165) is 16.8 Å². The van der Waals surface area contributed by atoms with Gasteiger partial charge in [0.05, 0.1) is 11.4 Å². The summed E-state index contributed by atoms with van der Waals surface area (Å²) >= 11 is 0. The predicted molar refractivity (Wildman–Crippen MR) is 167 cm³/mol. The maximum absolute atomic E-state index is 15.5. The third-order valence-corrected chi connectivity index (χ3v) is 8.40. The quantitative estimate of drug-likeness (QED) is 0.279. The molecule has 8 nitrogen and oxygen atoms in total. The molecule has 4 heterocycles. The first-order valence-electron chi connectivity index (χ1n) is 14.5. The van der Waals surface area contributed by atoms with Crippen LogP contribution >= 0.6 is 0 Å². The van der Waals surface area contributed by atoms with Gasteiger partial charge in [0.25, 0.3) is 0 Å². The van der Waals surface area contributed by atoms with Gasteiger partial charge in [-0.1, -0.05) is 45.2 Å². The summed E-state index contributed by atoms with van der Waals surface area (Å²) in [4.78, 5) is 39.8. The second-order valence-corrected chi connectivity index (χ2v) is 11.4. The zero-order chi connectivity index (χ0) is 30.6. The van der Waals surface area contributed by atoms with Crippen molar-refractivity contribution < 1.29 is 13.9 Å². The number of amides is 1. The van der Waals surface area contributed by atoms with Crippen LogP contribution in [0.4, 0.5) is 10.2 Å². The summed E-state index contributed by atoms with van der Waals surface area (Å²) in [6.45, 7) is 17.2. The van der Waals surface area contributed by atoms with Crippen molar-refractivity contribution >= 4 is 28.7 Å². The molecule has 0 N–H and O–H groups in total. The van der Waals surface area contributed by atoms with Gasteiger partial charge in [-0.2, -0.15) is 4.98 Å². The van der Waals surface area contributed by atoms with E-state index in [4.69, 9.17) is 4.74 Å². The van der Waals surface area contributed by atoms with Crippen molar-refractivity contribution in [2.75, 3.05) is 24.5 Å². The Balaban J connectivity index is 1.73. The second-order valence-electron chi connectivity index (χ2n) is 11.4. The minimum absolute atomic E-state index is 0.00869. The third kappa shape index (κ3) is 4.50. The molecule has 0 radical (unpaired) electrons. The summed E-state index contributed by atoms with van der Waals surface area (Å²) in [5.74, 6) is 0.386. The Kier molecular flexibility index (Phi) is 7.12. The lowest BCUT2D eigenvalue weighted by atomic mass is 9.90. The maximum Gasteiger partial charge on any atom is 0.354 e. The standard InChI is InChI=1S/C34H34FN5O3/c1-7-22-16-24-31(32-28(22)27-23(18-43-32)10-9-11-25(27)35)40(30-20(5)12-13-36-29(30)19(3)4)34(42)37-33(24)39-15-14-38(17-21(39)6)26(41)8-2/h7-13,16,19,21H,1-2,14-15,17-18H2,3-6H3/t21-/m0/s1. The number of rotatable bonds is 5. The first-order valence-corrected chi connectivity index (χ1v) is 14.5. The van der Waals surface area contributed by atoms with Crippen molar-refractivity contribution in [1.82, 2.24) is 19.4 Å². The number of pyridine rings is 1. The fourth-order valence-electron chi connectivity index (χ4n) is 6.35. The number of hydrogen-bond donors (Lipinski definition) is 0. The van der Waals surface area contributed by atoms with Gasteiger partial charge in [0.15, 0.2) is 5.75 Å². The average Bonchev–Trinajstić information content (AvgIpc) is 3.00. The molecule has 1 saturated heterocycles. The minimum atomic E-state index is -0.492. The molecule has 0 aliphatic carbocycles. The Bertz CT molecular complexity index is 1880. The molecule has 2 aromatic carbocycles. The maximum atomic E-state index is 15.5. The van der Waals surface area contributed by atoms with Gasteiger partial charge in [-0.3, -0.25) is 14.3 Å². The first kappa shape index (κ1) is 28.3. The largest absolute Gasteiger partial charge is 0.486 e. The number of aromatic nitrogens is 3. The highest BCUT2D eigenvalue weighted by molar-refractivity contribution is 6.03. The number of ether oxygens (including phenoxy) is 1. The number of aryl methyl sites for hydroxylation is 1. The number of carbonyl (C=O) groups is 1. The third-order valence-electron chi connectivity index (χ3n) is 8.40. The molecule has 0 saturated carbocycles. The lowest BCUT2D eigenvalue weighted by molar-refractivity contribution is -0.126. The van der Waals surface area contributed by atoms with E-state index in [9.17, 15) is 9.59 Å². The first-order chi connectivity index (χ1) is 20.7. The number of fused-ring (bicyclic) bond motifs is 5. The van der Waals surface area contributed by atoms with Crippen LogP contribution in [0.5, 0.6) is 5.75 Å². The van der Waals surface area contributed by atoms with Gasteiger partial charge in [0.1, 0.15) is 23.8 Å². The Morgan fingerprint density at radius 1 is 1.19 bits per heavy atom. The van der Waals surface area contributed by atoms with E-state index < -0.39 is 5.69 Å². The zero-order valence-electron chi connectivity index (χ0n) is 24.9. The van der Waals surface area contributed by atoms with E-state index in [1.165, 1.54) is 12.1 Å². The smallest absolute Gasteiger partial charge is 0.354 e. The van der Waals surface area contributed by atoms with E-state index in [2.05, 4.69) is 28.0 Å². The summed E-state index contributed by atoms with van der Waals surface area (Å²) < 4.78 is 23.6. The van der Waals surface area contributed by atoms with Gasteiger partial charge in [-0.05, 0) is 55.2 Å². The Labute approximate surface area is 249 Å². The van der Waals surface area contributed by atoms with Gasteiger partial charge < -0.3 is 14.5 Å². The minimum Gasteiger partial charge on any atom is -0.486 e. The van der Waals surface area contributed by atoms with E-state index in [1.807, 2.05) is 45.9 Å². The second kappa shape index (κ2) is 10.8. The average molecular weight is 580 g/mol. The van der Waals surface area contributed by atoms with Crippen molar-refractivity contribution in [2.45, 2.75) is 46.3 Å². The summed E-state index contributed by atoms with van der Waals surface area (Å²) in [5, 5.41) is 0.668. The molecule has 220 valence electrons. The molecule has 1 fully saturated rings. The van der Waals surface area contributed by atoms with Crippen molar-refractivity contribution in [3.63, 3.8) is 0 Å². The van der Waals surface area contributed by atoms with Gasteiger partial charge >= 0.3 is 5.69 Å². The van der Waals surface area contributed by atoms with Crippen LogP contribution in [0.2, 0.25) is 0 Å². The SMILES string of the molecule is C=CC(=O)N1CCN(c2nc(=O)n(-c3c(C)ccnc3C(C)C)c3c4c(c(C=C)cc23)-c2c(F)cccc2CO4)[C@@H](C)C1. The molecular weight excluding hydrogens is 545 g/mol. The van der Waals surface area contributed by atoms with Crippen LogP contribution in [0.3, 0.4) is 0 Å². The molecular formula is C34H34FN5O3. The number of piperazine rings is 1. The highest BCUT2D eigenvalue weighted by Gasteiger charge is 2.33. The normalized spacial score (nSPS) is 16.1. The molecule has 6 rings (SSSR count). The molecule has 1 atom stereocenters. The van der Waals surface area contributed by atoms with Crippen LogP contribution in [0, 0.1) is 12.7 Å². The molecule has 1 amide bonds. The van der Waals surface area contributed by atoms with E-state index in [-0.39, 0.29) is 30.3 Å². The Hall–Kier alpha value is -4.79. The fraction of sp³-hybridized carbons (Fsp3) is 0.294. The molecule has 4 aromatic rings. The van der Waals surface area contributed by atoms with Gasteiger partial charge in [0, 0.05) is 53.9 Å². The molecule has 0 bridgehead atoms. The van der Waals surface area contributed by atoms with Crippen LogP contribution in [0.25, 0.3) is 33.8 Å². The van der Waals surface area contributed by atoms with Crippen molar-refractivity contribution in [3.8, 4) is 22.6 Å². The summed E-state index contributed by atoms with van der Waals surface area (Å²) in [6.07, 6.45) is 4.74. The lowest BCUT2D eigenvalue weighted by Gasteiger charge is -2.40. The van der Waals surface area contributed by atoms with Crippen LogP contribution < -0.4 is 15.3 Å². The van der Waals surface area contributed by atoms with E-state index in [1.54, 1.807) is 27.8 Å². The number of benzene rings is 2. The van der Waals surface area contributed by atoms with Gasteiger partial charge in [0.2, 0.25) is 5.91 Å². The van der Waals surface area contributed by atoms with Crippen LogP contribution in [0.1, 0.15) is 49.1 Å². The Morgan fingerprint density at radius 2 is 1.98 bits per heavy atom. The van der Waals surface area contributed by atoms with Crippen molar-refractivity contribution in [2.24, 2.45) is 0 Å². The highest BCUT2D eigenvalue weighted by Crippen LogP contribution is 2.48. The zero-order valence-corrected chi connectivity index (χ0v) is 24.9. The number of hydrogen-bond acceptors (Lipinski definition) is 6. The number of halogens is 1. The van der Waals surface area contributed by atoms with Crippen LogP contribution in [0.15, 0.2) is 60.6 Å². The van der Waals surface area contributed by atoms with Gasteiger partial charge in [-0.15, -0.1) is 0 Å². The molecule has 9 heteroatoms. The number of nitrogens with zero attached hydrogens (tertiary/aromatic N) is 5. The highest BCUT2D eigenvalue weighted by atomic mass is 19.1. The molecule has 2 aliphatic heterocycles.